The predicted octanol–water partition coefficient (Wildman–Crippen LogP) is 2.65. The number of fused-ring (bicyclic) bond motifs is 1. The molecule has 3 rings (SSSR count). The summed E-state index contributed by atoms with van der Waals surface area (Å²) in [4.78, 5) is 4.77. The minimum absolute atomic E-state index is 0.204. The number of hydrogen-bond acceptors (Lipinski definition) is 6. The first-order valence-electron chi connectivity index (χ1n) is 8.40. The van der Waals surface area contributed by atoms with Crippen LogP contribution in [0.4, 0.5) is 5.69 Å². The number of nitrogens with two attached hydrogens (primary N) is 1. The van der Waals surface area contributed by atoms with E-state index in [9.17, 15) is 5.11 Å². The minimum atomic E-state index is -0.610. The number of hydrogen-bond donors (Lipinski definition) is 3. The SMILES string of the molecule is COc1ccc(-c2cc(NC[C@@H](O)CN)c3ccc(OC)cc3n2)cc1. The molecule has 0 saturated carbocycles. The van der Waals surface area contributed by atoms with Gasteiger partial charge in [-0.3, -0.25) is 0 Å². The Balaban J connectivity index is 2.06. The van der Waals surface area contributed by atoms with E-state index in [1.54, 1.807) is 14.2 Å². The molecule has 0 fully saturated rings. The molecule has 1 atom stereocenters. The van der Waals surface area contributed by atoms with Gasteiger partial charge in [-0.05, 0) is 42.5 Å². The van der Waals surface area contributed by atoms with Gasteiger partial charge in [-0.15, -0.1) is 0 Å². The quantitative estimate of drug-likeness (QED) is 0.605. The standard InChI is InChI=1S/C20H23N3O3/c1-25-15-5-3-13(4-6-15)18-10-19(22-12-14(24)11-21)17-8-7-16(26-2)9-20(17)23-18/h3-10,14,24H,11-12,21H2,1-2H3,(H,22,23)/t14-/m0/s1. The van der Waals surface area contributed by atoms with Gasteiger partial charge in [0.1, 0.15) is 11.5 Å². The summed E-state index contributed by atoms with van der Waals surface area (Å²) in [6, 6.07) is 15.4. The van der Waals surface area contributed by atoms with Crippen LogP contribution in [-0.4, -0.2) is 43.5 Å². The van der Waals surface area contributed by atoms with Gasteiger partial charge in [-0.25, -0.2) is 4.98 Å². The third kappa shape index (κ3) is 3.87. The van der Waals surface area contributed by atoms with Crippen molar-refractivity contribution in [2.45, 2.75) is 6.10 Å². The molecule has 26 heavy (non-hydrogen) atoms. The first kappa shape index (κ1) is 18.0. The fraction of sp³-hybridized carbons (Fsp3) is 0.250. The van der Waals surface area contributed by atoms with Crippen molar-refractivity contribution in [1.82, 2.24) is 4.98 Å². The van der Waals surface area contributed by atoms with Crippen molar-refractivity contribution < 1.29 is 14.6 Å². The van der Waals surface area contributed by atoms with E-state index in [1.807, 2.05) is 48.5 Å². The first-order chi connectivity index (χ1) is 12.6. The Hall–Kier alpha value is -2.83. The third-order valence-corrected chi connectivity index (χ3v) is 4.20. The zero-order valence-corrected chi connectivity index (χ0v) is 14.9. The van der Waals surface area contributed by atoms with Crippen LogP contribution < -0.4 is 20.5 Å². The highest BCUT2D eigenvalue weighted by Gasteiger charge is 2.10. The van der Waals surface area contributed by atoms with E-state index in [2.05, 4.69) is 5.32 Å². The second-order valence-corrected chi connectivity index (χ2v) is 5.94. The number of rotatable bonds is 7. The number of ether oxygens (including phenoxy) is 2. The van der Waals surface area contributed by atoms with Gasteiger partial charge in [0.25, 0.3) is 0 Å². The van der Waals surface area contributed by atoms with Crippen LogP contribution in [0.1, 0.15) is 0 Å². The maximum atomic E-state index is 9.78. The second-order valence-electron chi connectivity index (χ2n) is 5.94. The van der Waals surface area contributed by atoms with Crippen molar-refractivity contribution in [2.75, 3.05) is 32.6 Å². The molecule has 0 amide bonds. The molecule has 1 aromatic heterocycles. The summed E-state index contributed by atoms with van der Waals surface area (Å²) < 4.78 is 10.5. The van der Waals surface area contributed by atoms with Crippen molar-refractivity contribution in [3.63, 3.8) is 0 Å². The summed E-state index contributed by atoms with van der Waals surface area (Å²) in [6.45, 7) is 0.568. The molecule has 4 N–H and O–H groups in total. The highest BCUT2D eigenvalue weighted by Crippen LogP contribution is 2.31. The number of pyridine rings is 1. The van der Waals surface area contributed by atoms with E-state index in [0.717, 1.165) is 39.3 Å². The maximum absolute atomic E-state index is 9.78. The average Bonchev–Trinajstić information content (AvgIpc) is 2.70. The molecule has 0 aliphatic rings. The van der Waals surface area contributed by atoms with E-state index in [0.29, 0.717) is 6.54 Å². The Labute approximate surface area is 152 Å². The zero-order chi connectivity index (χ0) is 18.5. The number of nitrogens with one attached hydrogen (secondary N) is 1. The molecule has 136 valence electrons. The van der Waals surface area contributed by atoms with Gasteiger partial charge < -0.3 is 25.6 Å². The molecule has 6 heteroatoms. The average molecular weight is 353 g/mol. The van der Waals surface area contributed by atoms with Crippen LogP contribution >= 0.6 is 0 Å². The summed E-state index contributed by atoms with van der Waals surface area (Å²) in [5.41, 5.74) is 8.99. The van der Waals surface area contributed by atoms with Gasteiger partial charge in [0.2, 0.25) is 0 Å². The van der Waals surface area contributed by atoms with Crippen LogP contribution in [0.5, 0.6) is 11.5 Å². The fourth-order valence-electron chi connectivity index (χ4n) is 2.70. The number of benzene rings is 2. The topological polar surface area (TPSA) is 89.6 Å². The molecule has 6 nitrogen and oxygen atoms in total. The number of aromatic nitrogens is 1. The molecule has 0 aliphatic carbocycles. The highest BCUT2D eigenvalue weighted by atomic mass is 16.5. The van der Waals surface area contributed by atoms with Crippen LogP contribution in [0.2, 0.25) is 0 Å². The molecule has 0 aliphatic heterocycles. The summed E-state index contributed by atoms with van der Waals surface area (Å²) in [5, 5.41) is 14.0. The lowest BCUT2D eigenvalue weighted by molar-refractivity contribution is 0.196. The Morgan fingerprint density at radius 1 is 1.04 bits per heavy atom. The molecular formula is C20H23N3O3. The molecule has 0 radical (unpaired) electrons. The fourth-order valence-corrected chi connectivity index (χ4v) is 2.70. The molecule has 0 unspecified atom stereocenters. The molecular weight excluding hydrogens is 330 g/mol. The lowest BCUT2D eigenvalue weighted by atomic mass is 10.1. The molecule has 0 spiro atoms. The van der Waals surface area contributed by atoms with Gasteiger partial charge in [-0.1, -0.05) is 0 Å². The monoisotopic (exact) mass is 353 g/mol. The lowest BCUT2D eigenvalue weighted by Gasteiger charge is -2.15. The molecule has 0 bridgehead atoms. The second kappa shape index (κ2) is 8.03. The zero-order valence-electron chi connectivity index (χ0n) is 14.9. The highest BCUT2D eigenvalue weighted by molar-refractivity contribution is 5.94. The van der Waals surface area contributed by atoms with Crippen LogP contribution in [-0.2, 0) is 0 Å². The maximum Gasteiger partial charge on any atom is 0.121 e. The Morgan fingerprint density at radius 2 is 1.73 bits per heavy atom. The van der Waals surface area contributed by atoms with E-state index < -0.39 is 6.10 Å². The molecule has 1 heterocycles. The number of methoxy groups -OCH3 is 2. The van der Waals surface area contributed by atoms with E-state index in [4.69, 9.17) is 20.2 Å². The largest absolute Gasteiger partial charge is 0.497 e. The summed E-state index contributed by atoms with van der Waals surface area (Å²) in [7, 11) is 3.27. The van der Waals surface area contributed by atoms with Gasteiger partial charge in [-0.2, -0.15) is 0 Å². The van der Waals surface area contributed by atoms with E-state index in [-0.39, 0.29) is 6.54 Å². The van der Waals surface area contributed by atoms with Crippen LogP contribution in [0.3, 0.4) is 0 Å². The molecule has 2 aromatic carbocycles. The van der Waals surface area contributed by atoms with Crippen molar-refractivity contribution >= 4 is 16.6 Å². The van der Waals surface area contributed by atoms with Gasteiger partial charge >= 0.3 is 0 Å². The predicted molar refractivity (Wildman–Crippen MR) is 104 cm³/mol. The summed E-state index contributed by atoms with van der Waals surface area (Å²) >= 11 is 0. The van der Waals surface area contributed by atoms with Gasteiger partial charge in [0, 0.05) is 35.8 Å². The van der Waals surface area contributed by atoms with Crippen LogP contribution in [0.25, 0.3) is 22.2 Å². The van der Waals surface area contributed by atoms with E-state index >= 15 is 0 Å². The van der Waals surface area contributed by atoms with Crippen molar-refractivity contribution in [2.24, 2.45) is 5.73 Å². The smallest absolute Gasteiger partial charge is 0.121 e. The third-order valence-electron chi connectivity index (χ3n) is 4.20. The van der Waals surface area contributed by atoms with Crippen molar-refractivity contribution in [1.29, 1.82) is 0 Å². The van der Waals surface area contributed by atoms with E-state index in [1.165, 1.54) is 0 Å². The normalized spacial score (nSPS) is 12.0. The molecule has 0 saturated heterocycles. The summed E-state index contributed by atoms with van der Waals surface area (Å²) in [6.07, 6.45) is -0.610. The minimum Gasteiger partial charge on any atom is -0.497 e. The lowest BCUT2D eigenvalue weighted by Crippen LogP contribution is -2.27. The van der Waals surface area contributed by atoms with Gasteiger partial charge in [0.05, 0.1) is 31.5 Å². The summed E-state index contributed by atoms with van der Waals surface area (Å²) in [5.74, 6) is 1.53. The van der Waals surface area contributed by atoms with Crippen molar-refractivity contribution in [3.8, 4) is 22.8 Å². The van der Waals surface area contributed by atoms with Crippen LogP contribution in [0.15, 0.2) is 48.5 Å². The Bertz CT molecular complexity index is 881. The van der Waals surface area contributed by atoms with Gasteiger partial charge in [0.15, 0.2) is 0 Å². The van der Waals surface area contributed by atoms with Crippen LogP contribution in [0, 0.1) is 0 Å². The number of anilines is 1. The first-order valence-corrected chi connectivity index (χ1v) is 8.40. The Morgan fingerprint density at radius 3 is 2.38 bits per heavy atom. The number of aliphatic hydroxyl groups excluding tert-OH is 1. The number of aliphatic hydroxyl groups is 1. The van der Waals surface area contributed by atoms with Crippen molar-refractivity contribution in [3.05, 3.63) is 48.5 Å². The number of nitrogens with zero attached hydrogens (tertiary/aromatic N) is 1. The molecule has 3 aromatic rings. The Kier molecular flexibility index (Phi) is 5.55.